The highest BCUT2D eigenvalue weighted by Gasteiger charge is 2.10. The lowest BCUT2D eigenvalue weighted by molar-refractivity contribution is 0.0689. The third-order valence-corrected chi connectivity index (χ3v) is 2.14. The van der Waals surface area contributed by atoms with E-state index in [0.717, 1.165) is 6.20 Å². The van der Waals surface area contributed by atoms with Crippen LogP contribution in [0.4, 0.5) is 0 Å². The van der Waals surface area contributed by atoms with Crippen LogP contribution in [0.25, 0.3) is 5.82 Å². The molecule has 2 rings (SSSR count). The Hall–Kier alpha value is -2.77. The van der Waals surface area contributed by atoms with Crippen LogP contribution in [0.15, 0.2) is 24.7 Å². The normalized spacial score (nSPS) is 10.1. The Balaban J connectivity index is 2.29. The molecular formula is C10H9N5O3. The van der Waals surface area contributed by atoms with Crippen molar-refractivity contribution >= 4 is 11.9 Å². The Kier molecular flexibility index (Phi) is 3.00. The molecule has 0 atom stereocenters. The van der Waals surface area contributed by atoms with Crippen molar-refractivity contribution in [2.24, 2.45) is 0 Å². The average Bonchev–Trinajstić information content (AvgIpc) is 2.87. The maximum absolute atomic E-state index is 11.3. The van der Waals surface area contributed by atoms with Gasteiger partial charge in [0.1, 0.15) is 0 Å². The van der Waals surface area contributed by atoms with Gasteiger partial charge < -0.3 is 10.4 Å². The standard InChI is InChI=1S/C10H9N5O3/c1-11-9(16)6-2-3-15(14-6)8-5-12-7(4-13-8)10(17)18/h2-5H,1H3,(H,11,16)(H,17,18). The second-order valence-electron chi connectivity index (χ2n) is 3.29. The van der Waals surface area contributed by atoms with Crippen molar-refractivity contribution in [3.63, 3.8) is 0 Å². The number of carbonyl (C=O) groups is 2. The molecule has 0 bridgehead atoms. The Morgan fingerprint density at radius 2 is 2.06 bits per heavy atom. The molecule has 0 saturated heterocycles. The van der Waals surface area contributed by atoms with Crippen LogP contribution >= 0.6 is 0 Å². The van der Waals surface area contributed by atoms with Crippen LogP contribution < -0.4 is 5.32 Å². The van der Waals surface area contributed by atoms with Crippen molar-refractivity contribution in [3.8, 4) is 5.82 Å². The Labute approximate surface area is 101 Å². The van der Waals surface area contributed by atoms with Crippen LogP contribution in [-0.4, -0.2) is 43.8 Å². The third kappa shape index (κ3) is 2.17. The van der Waals surface area contributed by atoms with Crippen LogP contribution in [0.3, 0.4) is 0 Å². The lowest BCUT2D eigenvalue weighted by Crippen LogP contribution is -2.18. The molecule has 18 heavy (non-hydrogen) atoms. The van der Waals surface area contributed by atoms with Gasteiger partial charge in [-0.3, -0.25) is 4.79 Å². The van der Waals surface area contributed by atoms with Gasteiger partial charge in [0, 0.05) is 13.2 Å². The zero-order valence-electron chi connectivity index (χ0n) is 9.36. The summed E-state index contributed by atoms with van der Waals surface area (Å²) in [5.74, 6) is -1.14. The van der Waals surface area contributed by atoms with Crippen LogP contribution in [0, 0.1) is 0 Å². The molecule has 92 valence electrons. The molecule has 2 aromatic rings. The smallest absolute Gasteiger partial charge is 0.356 e. The summed E-state index contributed by atoms with van der Waals surface area (Å²) in [6.07, 6.45) is 3.93. The van der Waals surface area contributed by atoms with E-state index in [0.29, 0.717) is 5.82 Å². The summed E-state index contributed by atoms with van der Waals surface area (Å²) in [5, 5.41) is 15.1. The van der Waals surface area contributed by atoms with Crippen molar-refractivity contribution in [1.29, 1.82) is 0 Å². The fourth-order valence-electron chi connectivity index (χ4n) is 1.25. The van der Waals surface area contributed by atoms with Gasteiger partial charge in [-0.2, -0.15) is 5.10 Å². The Morgan fingerprint density at radius 3 is 2.61 bits per heavy atom. The van der Waals surface area contributed by atoms with Crippen molar-refractivity contribution in [2.45, 2.75) is 0 Å². The molecule has 0 aliphatic heterocycles. The topological polar surface area (TPSA) is 110 Å². The SMILES string of the molecule is CNC(=O)c1ccn(-c2cnc(C(=O)O)cn2)n1. The fourth-order valence-corrected chi connectivity index (χ4v) is 1.25. The van der Waals surface area contributed by atoms with Crippen LogP contribution in [0.5, 0.6) is 0 Å². The van der Waals surface area contributed by atoms with E-state index in [1.807, 2.05) is 0 Å². The van der Waals surface area contributed by atoms with Gasteiger partial charge in [0.15, 0.2) is 17.2 Å². The van der Waals surface area contributed by atoms with Gasteiger partial charge in [0.25, 0.3) is 5.91 Å². The molecule has 8 heteroatoms. The predicted molar refractivity (Wildman–Crippen MR) is 59.5 cm³/mol. The molecule has 8 nitrogen and oxygen atoms in total. The third-order valence-electron chi connectivity index (χ3n) is 2.14. The van der Waals surface area contributed by atoms with Gasteiger partial charge in [0.05, 0.1) is 12.4 Å². The second-order valence-corrected chi connectivity index (χ2v) is 3.29. The fraction of sp³-hybridized carbons (Fsp3) is 0.100. The number of nitrogens with one attached hydrogen (secondary N) is 1. The monoisotopic (exact) mass is 247 g/mol. The molecule has 0 spiro atoms. The first-order valence-corrected chi connectivity index (χ1v) is 4.95. The van der Waals surface area contributed by atoms with Crippen molar-refractivity contribution in [3.05, 3.63) is 36.0 Å². The number of hydrogen-bond acceptors (Lipinski definition) is 5. The summed E-state index contributed by atoms with van der Waals surface area (Å²) >= 11 is 0. The molecule has 1 amide bonds. The van der Waals surface area contributed by atoms with E-state index in [9.17, 15) is 9.59 Å². The zero-order valence-corrected chi connectivity index (χ0v) is 9.36. The lowest BCUT2D eigenvalue weighted by atomic mass is 10.4. The number of aromatic nitrogens is 4. The van der Waals surface area contributed by atoms with E-state index in [-0.39, 0.29) is 17.3 Å². The molecule has 0 aromatic carbocycles. The lowest BCUT2D eigenvalue weighted by Gasteiger charge is -1.99. The quantitative estimate of drug-likeness (QED) is 0.771. The molecule has 2 heterocycles. The number of rotatable bonds is 3. The Morgan fingerprint density at radius 1 is 1.28 bits per heavy atom. The van der Waals surface area contributed by atoms with Gasteiger partial charge in [-0.15, -0.1) is 0 Å². The first-order chi connectivity index (χ1) is 8.61. The van der Waals surface area contributed by atoms with E-state index in [4.69, 9.17) is 5.11 Å². The van der Waals surface area contributed by atoms with E-state index < -0.39 is 5.97 Å². The van der Waals surface area contributed by atoms with Crippen LogP contribution in [0.1, 0.15) is 21.0 Å². The molecule has 0 aliphatic rings. The number of carbonyl (C=O) groups excluding carboxylic acids is 1. The molecule has 0 unspecified atom stereocenters. The van der Waals surface area contributed by atoms with E-state index in [1.165, 1.54) is 30.2 Å². The summed E-state index contributed by atoms with van der Waals surface area (Å²) in [7, 11) is 1.50. The molecular weight excluding hydrogens is 238 g/mol. The molecule has 0 fully saturated rings. The number of amides is 1. The van der Waals surface area contributed by atoms with E-state index >= 15 is 0 Å². The molecule has 0 saturated carbocycles. The molecule has 0 radical (unpaired) electrons. The summed E-state index contributed by atoms with van der Waals surface area (Å²) in [6, 6.07) is 1.52. The van der Waals surface area contributed by atoms with Crippen molar-refractivity contribution in [1.82, 2.24) is 25.1 Å². The molecule has 2 N–H and O–H groups in total. The number of carboxylic acid groups (broad SMARTS) is 1. The van der Waals surface area contributed by atoms with Crippen molar-refractivity contribution in [2.75, 3.05) is 7.05 Å². The molecule has 0 aliphatic carbocycles. The minimum Gasteiger partial charge on any atom is -0.476 e. The summed E-state index contributed by atoms with van der Waals surface area (Å²) in [6.45, 7) is 0. The number of hydrogen-bond donors (Lipinski definition) is 2. The first-order valence-electron chi connectivity index (χ1n) is 4.95. The second kappa shape index (κ2) is 4.62. The minimum atomic E-state index is -1.15. The number of aromatic carboxylic acids is 1. The van der Waals surface area contributed by atoms with Crippen LogP contribution in [-0.2, 0) is 0 Å². The summed E-state index contributed by atoms with van der Waals surface area (Å²) in [5.41, 5.74) is 0.0824. The van der Waals surface area contributed by atoms with Crippen molar-refractivity contribution < 1.29 is 14.7 Å². The highest BCUT2D eigenvalue weighted by Crippen LogP contribution is 2.04. The average molecular weight is 247 g/mol. The molecule has 2 aromatic heterocycles. The van der Waals surface area contributed by atoms with Gasteiger partial charge in [-0.1, -0.05) is 0 Å². The van der Waals surface area contributed by atoms with Crippen LogP contribution in [0.2, 0.25) is 0 Å². The highest BCUT2D eigenvalue weighted by molar-refractivity contribution is 5.91. The predicted octanol–water partition coefficient (Wildman–Crippen LogP) is -0.280. The maximum Gasteiger partial charge on any atom is 0.356 e. The summed E-state index contributed by atoms with van der Waals surface area (Å²) < 4.78 is 1.34. The van der Waals surface area contributed by atoms with E-state index in [1.54, 1.807) is 0 Å². The minimum absolute atomic E-state index is 0.155. The summed E-state index contributed by atoms with van der Waals surface area (Å²) in [4.78, 5) is 29.5. The first kappa shape index (κ1) is 11.7. The highest BCUT2D eigenvalue weighted by atomic mass is 16.4. The zero-order chi connectivity index (χ0) is 13.1. The number of nitrogens with zero attached hydrogens (tertiary/aromatic N) is 4. The van der Waals surface area contributed by atoms with Gasteiger partial charge >= 0.3 is 5.97 Å². The Bertz CT molecular complexity index is 590. The van der Waals surface area contributed by atoms with Gasteiger partial charge in [-0.05, 0) is 6.07 Å². The van der Waals surface area contributed by atoms with E-state index in [2.05, 4.69) is 20.4 Å². The van der Waals surface area contributed by atoms with Gasteiger partial charge in [0.2, 0.25) is 0 Å². The number of carboxylic acids is 1. The maximum atomic E-state index is 11.3. The van der Waals surface area contributed by atoms with Gasteiger partial charge in [-0.25, -0.2) is 19.4 Å². The largest absolute Gasteiger partial charge is 0.476 e.